The Morgan fingerprint density at radius 2 is 2.03 bits per heavy atom. The normalized spacial score (nSPS) is 10.9. The van der Waals surface area contributed by atoms with Crippen molar-refractivity contribution in [2.75, 3.05) is 20.2 Å². The summed E-state index contributed by atoms with van der Waals surface area (Å²) < 4.78 is 40.0. The van der Waals surface area contributed by atoms with Crippen LogP contribution in [0.4, 0.5) is 8.78 Å². The number of carbonyl (C=O) groups excluding carboxylic acids is 1. The van der Waals surface area contributed by atoms with Crippen LogP contribution in [0.5, 0.6) is 11.5 Å². The van der Waals surface area contributed by atoms with Crippen molar-refractivity contribution in [2.45, 2.75) is 26.6 Å². The zero-order valence-electron chi connectivity index (χ0n) is 16.6. The number of amides is 1. The van der Waals surface area contributed by atoms with Gasteiger partial charge in [0.2, 0.25) is 5.91 Å². The number of aliphatic imine (C=N–C) groups is 1. The van der Waals surface area contributed by atoms with E-state index in [1.807, 2.05) is 6.92 Å². The quantitative estimate of drug-likeness (QED) is 0.245. The number of ether oxygens (including phenoxy) is 2. The number of rotatable bonds is 10. The van der Waals surface area contributed by atoms with E-state index in [1.165, 1.54) is 25.5 Å². The van der Waals surface area contributed by atoms with Gasteiger partial charge in [0.15, 0.2) is 5.96 Å². The van der Waals surface area contributed by atoms with E-state index in [9.17, 15) is 13.6 Å². The number of guanidine groups is 1. The van der Waals surface area contributed by atoms with Gasteiger partial charge in [-0.05, 0) is 37.3 Å². The van der Waals surface area contributed by atoms with Crippen LogP contribution in [0.25, 0.3) is 0 Å². The second-order valence-electron chi connectivity index (χ2n) is 5.76. The third-order valence-electron chi connectivity index (χ3n) is 3.69. The highest BCUT2D eigenvalue weighted by Gasteiger charge is 2.11. The average Bonchev–Trinajstić information content (AvgIpc) is 3.22. The predicted octanol–water partition coefficient (Wildman–Crippen LogP) is 2.88. The van der Waals surface area contributed by atoms with Crippen LogP contribution in [-0.4, -0.2) is 38.7 Å². The van der Waals surface area contributed by atoms with Crippen molar-refractivity contribution >= 4 is 35.8 Å². The number of alkyl halides is 2. The molecule has 0 saturated carbocycles. The van der Waals surface area contributed by atoms with Crippen LogP contribution >= 0.6 is 24.0 Å². The molecule has 0 spiro atoms. The van der Waals surface area contributed by atoms with E-state index in [-0.39, 0.29) is 55.3 Å². The molecule has 8 nitrogen and oxygen atoms in total. The lowest BCUT2D eigenvalue weighted by atomic mass is 10.2. The number of benzene rings is 1. The summed E-state index contributed by atoms with van der Waals surface area (Å²) in [7, 11) is 1.48. The van der Waals surface area contributed by atoms with Gasteiger partial charge in [-0.25, -0.2) is 4.99 Å². The Bertz CT molecular complexity index is 804. The molecule has 0 unspecified atom stereocenters. The second kappa shape index (κ2) is 13.6. The number of hydrogen-bond donors (Lipinski definition) is 3. The topological polar surface area (TPSA) is 97.1 Å². The van der Waals surface area contributed by atoms with E-state index in [1.54, 1.807) is 18.2 Å². The Morgan fingerprint density at radius 1 is 1.23 bits per heavy atom. The summed E-state index contributed by atoms with van der Waals surface area (Å²) >= 11 is 0. The first-order chi connectivity index (χ1) is 14.0. The van der Waals surface area contributed by atoms with E-state index in [0.717, 1.165) is 0 Å². The Kier molecular flexibility index (Phi) is 11.6. The van der Waals surface area contributed by atoms with Gasteiger partial charge in [-0.15, -0.1) is 24.0 Å². The Hall–Kier alpha value is -2.57. The average molecular weight is 538 g/mol. The molecule has 0 radical (unpaired) electrons. The van der Waals surface area contributed by atoms with E-state index in [4.69, 9.17) is 9.15 Å². The third-order valence-corrected chi connectivity index (χ3v) is 3.69. The first-order valence-electron chi connectivity index (χ1n) is 8.94. The molecular weight excluding hydrogens is 513 g/mol. The molecule has 0 aliphatic carbocycles. The molecule has 0 bridgehead atoms. The molecule has 1 amide bonds. The van der Waals surface area contributed by atoms with Crippen molar-refractivity contribution in [3.63, 3.8) is 0 Å². The predicted molar refractivity (Wildman–Crippen MR) is 118 cm³/mol. The number of hydrogen-bond acceptors (Lipinski definition) is 5. The van der Waals surface area contributed by atoms with Gasteiger partial charge in [0.1, 0.15) is 17.3 Å². The fourth-order valence-corrected chi connectivity index (χ4v) is 2.35. The van der Waals surface area contributed by atoms with E-state index >= 15 is 0 Å². The minimum atomic E-state index is -2.95. The first kappa shape index (κ1) is 25.5. The van der Waals surface area contributed by atoms with Gasteiger partial charge < -0.3 is 29.8 Å². The van der Waals surface area contributed by atoms with Crippen LogP contribution in [0.1, 0.15) is 18.2 Å². The minimum absolute atomic E-state index is 0. The van der Waals surface area contributed by atoms with Gasteiger partial charge in [-0.2, -0.15) is 8.78 Å². The molecule has 1 heterocycles. The summed E-state index contributed by atoms with van der Waals surface area (Å²) in [6.45, 7) is -0.230. The van der Waals surface area contributed by atoms with Gasteiger partial charge in [0.25, 0.3) is 0 Å². The monoisotopic (exact) mass is 538 g/mol. The third kappa shape index (κ3) is 8.84. The van der Waals surface area contributed by atoms with Crippen LogP contribution in [0, 0.1) is 0 Å². The largest absolute Gasteiger partial charge is 0.497 e. The Morgan fingerprint density at radius 3 is 2.67 bits per heavy atom. The molecule has 0 saturated heterocycles. The first-order valence-corrected chi connectivity index (χ1v) is 8.94. The molecule has 0 aliphatic rings. The molecule has 0 atom stereocenters. The highest BCUT2D eigenvalue weighted by Crippen LogP contribution is 2.26. The van der Waals surface area contributed by atoms with Crippen LogP contribution in [0.3, 0.4) is 0 Å². The molecule has 30 heavy (non-hydrogen) atoms. The summed E-state index contributed by atoms with van der Waals surface area (Å²) in [5.74, 6) is 1.24. The summed E-state index contributed by atoms with van der Waals surface area (Å²) in [6, 6.07) is 7.99. The smallest absolute Gasteiger partial charge is 0.387 e. The maximum absolute atomic E-state index is 12.6. The van der Waals surface area contributed by atoms with Crippen LogP contribution in [0.2, 0.25) is 0 Å². The minimum Gasteiger partial charge on any atom is -0.497 e. The number of nitrogens with one attached hydrogen (secondary N) is 3. The molecular formula is C19H25F2IN4O4. The lowest BCUT2D eigenvalue weighted by Gasteiger charge is -2.13. The highest BCUT2D eigenvalue weighted by molar-refractivity contribution is 14.0. The molecule has 11 heteroatoms. The van der Waals surface area contributed by atoms with Crippen molar-refractivity contribution in [1.82, 2.24) is 16.0 Å². The van der Waals surface area contributed by atoms with Crippen molar-refractivity contribution < 1.29 is 27.5 Å². The van der Waals surface area contributed by atoms with Crippen LogP contribution in [0.15, 0.2) is 46.0 Å². The molecule has 3 N–H and O–H groups in total. The number of halogens is 3. The van der Waals surface area contributed by atoms with Crippen molar-refractivity contribution in [2.24, 2.45) is 4.99 Å². The molecule has 1 aromatic carbocycles. The fourth-order valence-electron chi connectivity index (χ4n) is 2.35. The van der Waals surface area contributed by atoms with Gasteiger partial charge in [-0.1, -0.05) is 0 Å². The zero-order chi connectivity index (χ0) is 21.1. The van der Waals surface area contributed by atoms with Gasteiger partial charge in [0, 0.05) is 12.1 Å². The van der Waals surface area contributed by atoms with Crippen molar-refractivity contribution in [3.8, 4) is 11.5 Å². The van der Waals surface area contributed by atoms with E-state index < -0.39 is 6.61 Å². The second-order valence-corrected chi connectivity index (χ2v) is 5.76. The molecule has 2 aromatic rings. The van der Waals surface area contributed by atoms with Crippen molar-refractivity contribution in [3.05, 3.63) is 47.9 Å². The fraction of sp³-hybridized carbons (Fsp3) is 0.368. The maximum Gasteiger partial charge on any atom is 0.387 e. The lowest BCUT2D eigenvalue weighted by molar-refractivity contribution is -0.120. The van der Waals surface area contributed by atoms with E-state index in [2.05, 4.69) is 25.7 Å². The van der Waals surface area contributed by atoms with Crippen LogP contribution in [-0.2, 0) is 17.9 Å². The summed E-state index contributed by atoms with van der Waals surface area (Å²) in [6.07, 6.45) is 1.53. The van der Waals surface area contributed by atoms with Crippen molar-refractivity contribution in [1.29, 1.82) is 0 Å². The summed E-state index contributed by atoms with van der Waals surface area (Å²) in [5, 5.41) is 8.58. The highest BCUT2D eigenvalue weighted by atomic mass is 127. The van der Waals surface area contributed by atoms with Gasteiger partial charge in [-0.3, -0.25) is 4.79 Å². The molecule has 1 aromatic heterocycles. The molecule has 0 aliphatic heterocycles. The zero-order valence-corrected chi connectivity index (χ0v) is 18.9. The number of nitrogens with zero attached hydrogens (tertiary/aromatic N) is 1. The maximum atomic E-state index is 12.6. The molecule has 2 rings (SSSR count). The molecule has 166 valence electrons. The summed E-state index contributed by atoms with van der Waals surface area (Å²) in [5.41, 5.74) is 0.420. The number of methoxy groups -OCH3 is 1. The Balaban J connectivity index is 0.00000450. The number of carbonyl (C=O) groups is 1. The SMILES string of the molecule is CCNC(=NCc1cc(OC)ccc1OC(F)F)NCC(=O)NCc1ccco1.I. The Labute approximate surface area is 190 Å². The van der Waals surface area contributed by atoms with Gasteiger partial charge in [0.05, 0.1) is 33.0 Å². The van der Waals surface area contributed by atoms with Gasteiger partial charge >= 0.3 is 6.61 Å². The standard InChI is InChI=1S/C19H24F2N4O4.HI/c1-3-22-19(25-12-17(26)23-11-15-5-4-8-28-15)24-10-13-9-14(27-2)6-7-16(13)29-18(20)21;/h4-9,18H,3,10-12H2,1-2H3,(H,23,26)(H2,22,24,25);1H. The van der Waals surface area contributed by atoms with E-state index in [0.29, 0.717) is 29.6 Å². The summed E-state index contributed by atoms with van der Waals surface area (Å²) in [4.78, 5) is 16.3. The van der Waals surface area contributed by atoms with Crippen LogP contribution < -0.4 is 25.4 Å². The molecule has 0 fully saturated rings. The number of furan rings is 1. The lowest BCUT2D eigenvalue weighted by Crippen LogP contribution is -2.43.